The molecule has 122 valence electrons. The van der Waals surface area contributed by atoms with Gasteiger partial charge in [-0.25, -0.2) is 0 Å². The molecule has 1 aromatic rings. The summed E-state index contributed by atoms with van der Waals surface area (Å²) in [6.07, 6.45) is 5.01. The van der Waals surface area contributed by atoms with Crippen LogP contribution in [0.5, 0.6) is 11.5 Å². The molecule has 0 aromatic heterocycles. The van der Waals surface area contributed by atoms with Crippen LogP contribution in [0.1, 0.15) is 64.9 Å². The van der Waals surface area contributed by atoms with Crippen molar-refractivity contribution in [2.45, 2.75) is 65.7 Å². The van der Waals surface area contributed by atoms with Gasteiger partial charge in [-0.15, -0.1) is 0 Å². The topological polar surface area (TPSA) is 52.6 Å². The van der Waals surface area contributed by atoms with E-state index >= 15 is 0 Å². The standard InChI is InChI=1S/C18H26O4/c1-4-7-9-17(19)21-15-12-11-14(6-3)13-16(15)22-18(20)10-8-5-2/h11-13H,4-10H2,1-3H3. The van der Waals surface area contributed by atoms with Crippen LogP contribution in [0.2, 0.25) is 0 Å². The monoisotopic (exact) mass is 306 g/mol. The Bertz CT molecular complexity index is 494. The summed E-state index contributed by atoms with van der Waals surface area (Å²) in [7, 11) is 0. The van der Waals surface area contributed by atoms with Gasteiger partial charge in [0.15, 0.2) is 11.5 Å². The average Bonchev–Trinajstić information content (AvgIpc) is 2.52. The van der Waals surface area contributed by atoms with E-state index in [0.29, 0.717) is 24.3 Å². The summed E-state index contributed by atoms with van der Waals surface area (Å²) >= 11 is 0. The molecular weight excluding hydrogens is 280 g/mol. The molecule has 22 heavy (non-hydrogen) atoms. The first-order valence-electron chi connectivity index (χ1n) is 8.14. The number of esters is 2. The molecule has 0 aliphatic heterocycles. The van der Waals surface area contributed by atoms with Gasteiger partial charge in [-0.05, 0) is 37.0 Å². The van der Waals surface area contributed by atoms with Crippen molar-refractivity contribution in [3.8, 4) is 11.5 Å². The van der Waals surface area contributed by atoms with E-state index in [1.807, 2.05) is 26.8 Å². The molecule has 1 rings (SSSR count). The largest absolute Gasteiger partial charge is 0.423 e. The molecule has 0 radical (unpaired) electrons. The number of hydrogen-bond donors (Lipinski definition) is 0. The summed E-state index contributed by atoms with van der Waals surface area (Å²) in [5.74, 6) is 0.0753. The van der Waals surface area contributed by atoms with Crippen LogP contribution < -0.4 is 9.47 Å². The number of benzene rings is 1. The van der Waals surface area contributed by atoms with Gasteiger partial charge in [-0.3, -0.25) is 9.59 Å². The summed E-state index contributed by atoms with van der Waals surface area (Å²) in [6, 6.07) is 5.35. The van der Waals surface area contributed by atoms with Crippen molar-refractivity contribution in [1.82, 2.24) is 0 Å². The van der Waals surface area contributed by atoms with Gasteiger partial charge in [0, 0.05) is 12.8 Å². The van der Waals surface area contributed by atoms with Crippen LogP contribution in [0.15, 0.2) is 18.2 Å². The van der Waals surface area contributed by atoms with Gasteiger partial charge in [0.1, 0.15) is 0 Å². The second-order valence-corrected chi connectivity index (χ2v) is 5.29. The van der Waals surface area contributed by atoms with Crippen molar-refractivity contribution in [3.63, 3.8) is 0 Å². The molecule has 4 heteroatoms. The van der Waals surface area contributed by atoms with E-state index in [1.54, 1.807) is 12.1 Å². The van der Waals surface area contributed by atoms with Gasteiger partial charge in [0.05, 0.1) is 0 Å². The molecule has 0 saturated carbocycles. The molecule has 0 aliphatic rings. The lowest BCUT2D eigenvalue weighted by atomic mass is 10.1. The minimum Gasteiger partial charge on any atom is -0.423 e. The molecule has 0 aliphatic carbocycles. The van der Waals surface area contributed by atoms with Crippen molar-refractivity contribution >= 4 is 11.9 Å². The minimum absolute atomic E-state index is 0.291. The third-order valence-corrected chi connectivity index (χ3v) is 3.33. The second kappa shape index (κ2) is 9.98. The van der Waals surface area contributed by atoms with Crippen LogP contribution in [-0.2, 0) is 16.0 Å². The molecule has 1 aromatic carbocycles. The molecule has 0 unspecified atom stereocenters. The van der Waals surface area contributed by atoms with E-state index in [2.05, 4.69) is 0 Å². The molecule has 4 nitrogen and oxygen atoms in total. The third-order valence-electron chi connectivity index (χ3n) is 3.33. The highest BCUT2D eigenvalue weighted by atomic mass is 16.6. The number of unbranched alkanes of at least 4 members (excludes halogenated alkanes) is 2. The van der Waals surface area contributed by atoms with Gasteiger partial charge in [0.25, 0.3) is 0 Å². The predicted molar refractivity (Wildman–Crippen MR) is 86.1 cm³/mol. The smallest absolute Gasteiger partial charge is 0.311 e. The molecule has 0 heterocycles. The first-order valence-corrected chi connectivity index (χ1v) is 8.14. The van der Waals surface area contributed by atoms with Gasteiger partial charge < -0.3 is 9.47 Å². The zero-order valence-corrected chi connectivity index (χ0v) is 13.8. The SMILES string of the molecule is CCCCC(=O)Oc1ccc(CC)cc1OC(=O)CCCC. The van der Waals surface area contributed by atoms with Crippen LogP contribution in [0, 0.1) is 0 Å². The number of carbonyl (C=O) groups is 2. The highest BCUT2D eigenvalue weighted by Crippen LogP contribution is 2.29. The summed E-state index contributed by atoms with van der Waals surface area (Å²) in [5.41, 5.74) is 1.03. The maximum absolute atomic E-state index is 11.8. The number of hydrogen-bond acceptors (Lipinski definition) is 4. The average molecular weight is 306 g/mol. The van der Waals surface area contributed by atoms with Gasteiger partial charge in [-0.1, -0.05) is 39.7 Å². The highest BCUT2D eigenvalue weighted by molar-refractivity contribution is 5.76. The maximum Gasteiger partial charge on any atom is 0.311 e. The fourth-order valence-corrected chi connectivity index (χ4v) is 1.93. The van der Waals surface area contributed by atoms with E-state index in [4.69, 9.17) is 9.47 Å². The van der Waals surface area contributed by atoms with E-state index in [9.17, 15) is 9.59 Å². The molecule has 0 atom stereocenters. The van der Waals surface area contributed by atoms with E-state index in [-0.39, 0.29) is 11.9 Å². The molecule has 0 amide bonds. The fraction of sp³-hybridized carbons (Fsp3) is 0.556. The highest BCUT2D eigenvalue weighted by Gasteiger charge is 2.14. The first kappa shape index (κ1) is 18.2. The Labute approximate surface area is 132 Å². The normalized spacial score (nSPS) is 10.3. The minimum atomic E-state index is -0.294. The van der Waals surface area contributed by atoms with Crippen LogP contribution in [-0.4, -0.2) is 11.9 Å². The molecule has 0 saturated heterocycles. The van der Waals surface area contributed by atoms with Crippen molar-refractivity contribution in [2.24, 2.45) is 0 Å². The second-order valence-electron chi connectivity index (χ2n) is 5.29. The number of rotatable bonds is 9. The lowest BCUT2D eigenvalue weighted by molar-refractivity contribution is -0.137. The summed E-state index contributed by atoms with van der Waals surface area (Å²) < 4.78 is 10.7. The van der Waals surface area contributed by atoms with E-state index < -0.39 is 0 Å². The first-order chi connectivity index (χ1) is 10.6. The summed E-state index contributed by atoms with van der Waals surface area (Å²) in [6.45, 7) is 6.06. The quantitative estimate of drug-likeness (QED) is 0.500. The third kappa shape index (κ3) is 6.29. The Hall–Kier alpha value is -1.84. The number of ether oxygens (including phenoxy) is 2. The van der Waals surface area contributed by atoms with Crippen molar-refractivity contribution in [2.75, 3.05) is 0 Å². The molecule has 0 bridgehead atoms. The Morgan fingerprint density at radius 3 is 1.91 bits per heavy atom. The van der Waals surface area contributed by atoms with Crippen molar-refractivity contribution < 1.29 is 19.1 Å². The van der Waals surface area contributed by atoms with Crippen molar-refractivity contribution in [3.05, 3.63) is 23.8 Å². The van der Waals surface area contributed by atoms with E-state index in [1.165, 1.54) is 0 Å². The van der Waals surface area contributed by atoms with Gasteiger partial charge in [-0.2, -0.15) is 0 Å². The Morgan fingerprint density at radius 2 is 1.41 bits per heavy atom. The number of aryl methyl sites for hydroxylation is 1. The van der Waals surface area contributed by atoms with E-state index in [0.717, 1.165) is 37.7 Å². The molecular formula is C18H26O4. The Balaban J connectivity index is 2.82. The van der Waals surface area contributed by atoms with Crippen molar-refractivity contribution in [1.29, 1.82) is 0 Å². The van der Waals surface area contributed by atoms with Crippen LogP contribution in [0.3, 0.4) is 0 Å². The van der Waals surface area contributed by atoms with Gasteiger partial charge in [0.2, 0.25) is 0 Å². The molecule has 0 fully saturated rings. The predicted octanol–water partition coefficient (Wildman–Crippen LogP) is 4.44. The maximum atomic E-state index is 11.8. The zero-order valence-electron chi connectivity index (χ0n) is 13.8. The van der Waals surface area contributed by atoms with Crippen LogP contribution >= 0.6 is 0 Å². The molecule has 0 spiro atoms. The number of carbonyl (C=O) groups excluding carboxylic acids is 2. The zero-order chi connectivity index (χ0) is 16.4. The summed E-state index contributed by atoms with van der Waals surface area (Å²) in [5, 5.41) is 0. The Kier molecular flexibility index (Phi) is 8.26. The summed E-state index contributed by atoms with van der Waals surface area (Å²) in [4.78, 5) is 23.6. The fourth-order valence-electron chi connectivity index (χ4n) is 1.93. The van der Waals surface area contributed by atoms with Crippen LogP contribution in [0.4, 0.5) is 0 Å². The van der Waals surface area contributed by atoms with Crippen LogP contribution in [0.25, 0.3) is 0 Å². The van der Waals surface area contributed by atoms with Gasteiger partial charge >= 0.3 is 11.9 Å². The Morgan fingerprint density at radius 1 is 0.864 bits per heavy atom. The lowest BCUT2D eigenvalue weighted by Gasteiger charge is -2.12. The molecule has 0 N–H and O–H groups in total. The lowest BCUT2D eigenvalue weighted by Crippen LogP contribution is -2.12.